The largest absolute Gasteiger partial charge is 0.460 e. The van der Waals surface area contributed by atoms with E-state index in [0.717, 1.165) is 4.90 Å². The number of Topliss-reactive ketones (excluding diaryl/α,β-unsaturated/α-hetero) is 3. The summed E-state index contributed by atoms with van der Waals surface area (Å²) in [6.45, 7) is 12.4. The van der Waals surface area contributed by atoms with Gasteiger partial charge in [0.25, 0.3) is 11.7 Å². The van der Waals surface area contributed by atoms with E-state index in [0.29, 0.717) is 68.9 Å². The normalized spacial score (nSPS) is 37.8. The molecule has 16 heteroatoms. The van der Waals surface area contributed by atoms with E-state index in [1.54, 1.807) is 53.0 Å². The lowest BCUT2D eigenvalue weighted by Crippen LogP contribution is -2.61. The third-order valence-corrected chi connectivity index (χ3v) is 14.7. The lowest BCUT2D eigenvalue weighted by molar-refractivity contribution is -0.264. The van der Waals surface area contributed by atoms with E-state index in [2.05, 4.69) is 5.32 Å². The van der Waals surface area contributed by atoms with Crippen molar-refractivity contribution in [1.29, 1.82) is 0 Å². The number of carbonyl (C=O) groups is 6. The van der Waals surface area contributed by atoms with Crippen molar-refractivity contribution in [3.05, 3.63) is 47.6 Å². The number of cyclic esters (lactones) is 1. The Kier molecular flexibility index (Phi) is 21.8. The van der Waals surface area contributed by atoms with E-state index in [9.17, 15) is 44.1 Å². The van der Waals surface area contributed by atoms with Crippen LogP contribution < -0.4 is 5.32 Å². The molecule has 2 amide bonds. The monoisotopic (exact) mass is 957 g/mol. The topological polar surface area (TPSA) is 225 Å². The zero-order chi connectivity index (χ0) is 50.5. The molecule has 4 rings (SSSR count). The summed E-state index contributed by atoms with van der Waals surface area (Å²) < 4.78 is 28.4. The number of nitrogens with one attached hydrogen (secondary N) is 1. The summed E-state index contributed by atoms with van der Waals surface area (Å²) in [6, 6.07) is -1.83. The molecule has 2 saturated heterocycles. The Morgan fingerprint density at radius 2 is 1.62 bits per heavy atom. The summed E-state index contributed by atoms with van der Waals surface area (Å²) in [6.07, 6.45) is 9.63. The molecule has 0 radical (unpaired) electrons. The highest BCUT2D eigenvalue weighted by molar-refractivity contribution is 6.39. The zero-order valence-electron chi connectivity index (χ0n) is 42.0. The second-order valence-corrected chi connectivity index (χ2v) is 20.1. The molecule has 3 heterocycles. The number of carbonyl (C=O) groups excluding carboxylic acids is 6. The van der Waals surface area contributed by atoms with E-state index in [1.165, 1.54) is 14.2 Å². The second-order valence-electron chi connectivity index (χ2n) is 20.1. The van der Waals surface area contributed by atoms with Crippen LogP contribution in [-0.4, -0.2) is 138 Å². The van der Waals surface area contributed by atoms with Gasteiger partial charge in [0.1, 0.15) is 30.1 Å². The number of hydrogen-bond acceptors (Lipinski definition) is 14. The first-order valence-corrected chi connectivity index (χ1v) is 24.6. The van der Waals surface area contributed by atoms with Crippen LogP contribution in [0, 0.1) is 35.5 Å². The maximum atomic E-state index is 14.4. The Morgan fingerprint density at radius 1 is 0.897 bits per heavy atom. The Morgan fingerprint density at radius 3 is 2.29 bits per heavy atom. The molecule has 0 spiro atoms. The van der Waals surface area contributed by atoms with Gasteiger partial charge >= 0.3 is 12.1 Å². The molecule has 0 aromatic heterocycles. The van der Waals surface area contributed by atoms with Gasteiger partial charge in [-0.25, -0.2) is 9.59 Å². The van der Waals surface area contributed by atoms with E-state index < -0.39 is 89.9 Å². The van der Waals surface area contributed by atoms with E-state index in [-0.39, 0.29) is 61.2 Å². The summed E-state index contributed by atoms with van der Waals surface area (Å²) in [7, 11) is 4.16. The number of aliphatic hydroxyl groups excluding tert-OH is 2. The number of alkyl carbamates (subject to hydrolysis) is 1. The van der Waals surface area contributed by atoms with Crippen LogP contribution >= 0.6 is 0 Å². The molecule has 4 N–H and O–H groups in total. The van der Waals surface area contributed by atoms with Crippen LogP contribution in [0.25, 0.3) is 0 Å². The number of nitrogens with zero attached hydrogens (tertiary/aromatic N) is 1. The van der Waals surface area contributed by atoms with Crippen molar-refractivity contribution in [2.45, 2.75) is 180 Å². The molecule has 68 heavy (non-hydrogen) atoms. The third kappa shape index (κ3) is 15.0. The van der Waals surface area contributed by atoms with E-state index in [1.807, 2.05) is 39.0 Å². The Labute approximate surface area is 403 Å². The first-order chi connectivity index (χ1) is 32.1. The highest BCUT2D eigenvalue weighted by Gasteiger charge is 2.53. The van der Waals surface area contributed by atoms with Gasteiger partial charge in [-0.05, 0) is 108 Å². The van der Waals surface area contributed by atoms with Crippen molar-refractivity contribution >= 4 is 35.3 Å². The molecule has 15 atom stereocenters. The Balaban J connectivity index is 1.73. The maximum absolute atomic E-state index is 14.4. The summed E-state index contributed by atoms with van der Waals surface area (Å²) in [5.41, 5.74) is 1.08. The van der Waals surface area contributed by atoms with Crippen LogP contribution in [-0.2, 0) is 47.7 Å². The van der Waals surface area contributed by atoms with Crippen LogP contribution in [0.1, 0.15) is 126 Å². The number of aliphatic hydroxyl groups is 3. The van der Waals surface area contributed by atoms with Crippen LogP contribution in [0.15, 0.2) is 47.6 Å². The number of ketones is 3. The molecule has 16 nitrogen and oxygen atoms in total. The molecule has 2 bridgehead atoms. The fourth-order valence-corrected chi connectivity index (χ4v) is 10.2. The molecule has 3 aliphatic heterocycles. The van der Waals surface area contributed by atoms with Crippen molar-refractivity contribution in [3.63, 3.8) is 0 Å². The van der Waals surface area contributed by atoms with E-state index in [4.69, 9.17) is 23.7 Å². The molecule has 0 aromatic carbocycles. The van der Waals surface area contributed by atoms with Gasteiger partial charge in [0.15, 0.2) is 5.78 Å². The maximum Gasteiger partial charge on any atom is 0.407 e. The van der Waals surface area contributed by atoms with E-state index >= 15 is 0 Å². The average molecular weight is 957 g/mol. The van der Waals surface area contributed by atoms with Crippen LogP contribution in [0.5, 0.6) is 0 Å². The molecule has 4 aliphatic rings. The number of piperidine rings is 1. The molecular weight excluding hydrogens is 877 g/mol. The number of methoxy groups -OCH3 is 3. The number of fused-ring (bicyclic) bond motifs is 3. The summed E-state index contributed by atoms with van der Waals surface area (Å²) >= 11 is 0. The number of esters is 1. The van der Waals surface area contributed by atoms with Crippen molar-refractivity contribution in [1.82, 2.24) is 10.2 Å². The Hall–Kier alpha value is -4.06. The molecule has 0 aromatic rings. The number of ether oxygens (including phenoxy) is 5. The van der Waals surface area contributed by atoms with Crippen molar-refractivity contribution < 1.29 is 67.8 Å². The number of amides is 2. The minimum atomic E-state index is -2.53. The van der Waals surface area contributed by atoms with Crippen molar-refractivity contribution in [2.75, 3.05) is 27.9 Å². The van der Waals surface area contributed by atoms with Gasteiger partial charge in [0, 0.05) is 44.9 Å². The van der Waals surface area contributed by atoms with Gasteiger partial charge in [0.05, 0.1) is 31.5 Å². The molecule has 3 fully saturated rings. The summed E-state index contributed by atoms with van der Waals surface area (Å²) in [4.78, 5) is 84.6. The molecular formula is C52H80N2O14. The van der Waals surface area contributed by atoms with Gasteiger partial charge in [0.2, 0.25) is 5.79 Å². The lowest BCUT2D eigenvalue weighted by Gasteiger charge is -2.43. The first kappa shape index (κ1) is 56.5. The molecule has 1 saturated carbocycles. The fraction of sp³-hybridized carbons (Fsp3) is 0.731. The Bertz CT molecular complexity index is 1880. The molecule has 1 aliphatic carbocycles. The van der Waals surface area contributed by atoms with Crippen LogP contribution in [0.4, 0.5) is 4.79 Å². The van der Waals surface area contributed by atoms with Gasteiger partial charge in [-0.1, -0.05) is 76.6 Å². The number of hydrogen-bond donors (Lipinski definition) is 4. The van der Waals surface area contributed by atoms with Gasteiger partial charge in [-0.15, -0.1) is 0 Å². The van der Waals surface area contributed by atoms with Gasteiger partial charge in [-0.2, -0.15) is 0 Å². The van der Waals surface area contributed by atoms with Gasteiger partial charge < -0.3 is 49.2 Å². The first-order valence-electron chi connectivity index (χ1n) is 24.6. The lowest BCUT2D eigenvalue weighted by atomic mass is 9.78. The second kappa shape index (κ2) is 26.2. The zero-order valence-corrected chi connectivity index (χ0v) is 42.0. The standard InChI is InChI=1S/C52H80N2O14/c1-30-16-12-11-13-17-31(2)39(53-51(62)66-10)28-38-21-19-36(7)52(63,68-38)48(59)49(60)54-23-15-14-18-40(54)50(61)67-43(33(4)26-37-20-22-41(55)44(27-37)64-8)29-42(56)32(3)25-35(6)46(58)47(65-9)45(57)34(5)24-30/h11-13,16-17,25,30,32-34,36-41,43-44,46-47,55,58,63H,14-15,18-24,26-29H2,1-10H3,(H,53,62)/b13-11?,16-12+,31-17?,35-25+/t30-,32-,33-,34-,36-,37+,38+,39+,40+,41-,43+,44-,46-,47+,52?/m1/s1. The highest BCUT2D eigenvalue weighted by Crippen LogP contribution is 2.37. The van der Waals surface area contributed by atoms with Crippen LogP contribution in [0.3, 0.4) is 0 Å². The number of rotatable bonds is 6. The van der Waals surface area contributed by atoms with Crippen LogP contribution in [0.2, 0.25) is 0 Å². The fourth-order valence-electron chi connectivity index (χ4n) is 10.2. The summed E-state index contributed by atoms with van der Waals surface area (Å²) in [5, 5.41) is 36.8. The minimum Gasteiger partial charge on any atom is -0.460 e. The SMILES string of the molecule is COC(=O)N[C@H]1C[C@@H]2CC[C@@H](C)C(O)(O2)C(=O)C(=O)N2CCCC[C@H]2C(=O)O[C@H]([C@H](C)C[C@@H]2CC[C@@H](O)[C@H](OC)C2)CC(=O)[C@H](C)/C=C(\C)[C@@H](O)[C@@H](OC)C(=O)[C@H](C)C[C@H](C)/C=C/C=CC=C1C. The smallest absolute Gasteiger partial charge is 0.407 e. The third-order valence-electron chi connectivity index (χ3n) is 14.7. The summed E-state index contributed by atoms with van der Waals surface area (Å²) in [5.74, 6) is -8.50. The minimum absolute atomic E-state index is 0.0344. The molecule has 1 unspecified atom stereocenters. The quantitative estimate of drug-likeness (QED) is 0.139. The predicted molar refractivity (Wildman–Crippen MR) is 254 cm³/mol. The highest BCUT2D eigenvalue weighted by atomic mass is 16.6. The number of allylic oxidation sites excluding steroid dienone is 6. The van der Waals surface area contributed by atoms with Gasteiger partial charge in [-0.3, -0.25) is 19.2 Å². The average Bonchev–Trinajstić information content (AvgIpc) is 3.31. The van der Waals surface area contributed by atoms with Crippen molar-refractivity contribution in [3.8, 4) is 0 Å². The predicted octanol–water partition coefficient (Wildman–Crippen LogP) is 5.89. The van der Waals surface area contributed by atoms with Crippen molar-refractivity contribution in [2.24, 2.45) is 35.5 Å². The molecule has 382 valence electrons.